The molecule has 1 aromatic heterocycles. The van der Waals surface area contributed by atoms with Crippen LogP contribution in [0.2, 0.25) is 0 Å². The third-order valence-corrected chi connectivity index (χ3v) is 6.45. The molecule has 0 aromatic carbocycles. The lowest BCUT2D eigenvalue weighted by molar-refractivity contribution is 0.513. The van der Waals surface area contributed by atoms with Crippen molar-refractivity contribution in [3.05, 3.63) is 15.6 Å². The number of hydrogen-bond donors (Lipinski definition) is 2. The molecule has 5 heteroatoms. The summed E-state index contributed by atoms with van der Waals surface area (Å²) in [6.07, 6.45) is 7.96. The molecule has 1 fully saturated rings. The summed E-state index contributed by atoms with van der Waals surface area (Å²) in [5.41, 5.74) is 4.13. The van der Waals surface area contributed by atoms with E-state index in [-0.39, 0.29) is 0 Å². The van der Waals surface area contributed by atoms with Crippen molar-refractivity contribution >= 4 is 23.1 Å². The quantitative estimate of drug-likeness (QED) is 0.625. The van der Waals surface area contributed by atoms with E-state index in [1.807, 2.05) is 0 Å². The normalized spacial score (nSPS) is 18.7. The largest absolute Gasteiger partial charge is 0.271 e. The molecule has 3 nitrogen and oxygen atoms in total. The Kier molecular flexibility index (Phi) is 6.13. The lowest BCUT2D eigenvalue weighted by atomic mass is 10.0. The Morgan fingerprint density at radius 2 is 2.11 bits per heavy atom. The van der Waals surface area contributed by atoms with E-state index in [4.69, 9.17) is 5.84 Å². The molecule has 2 rings (SSSR count). The van der Waals surface area contributed by atoms with Crippen LogP contribution in [0, 0.1) is 13.8 Å². The summed E-state index contributed by atoms with van der Waals surface area (Å²) in [5.74, 6) is 6.79. The van der Waals surface area contributed by atoms with Crippen LogP contribution in [0.15, 0.2) is 0 Å². The van der Waals surface area contributed by atoms with Crippen molar-refractivity contribution in [1.29, 1.82) is 0 Å². The Bertz CT molecular complexity index is 367. The number of hydrazine groups is 1. The molecule has 1 heterocycles. The first-order chi connectivity index (χ1) is 9.19. The Hall–Kier alpha value is -0.100. The van der Waals surface area contributed by atoms with E-state index < -0.39 is 0 Å². The highest BCUT2D eigenvalue weighted by atomic mass is 32.2. The van der Waals surface area contributed by atoms with Gasteiger partial charge in [-0.15, -0.1) is 11.3 Å². The van der Waals surface area contributed by atoms with Crippen molar-refractivity contribution in [2.24, 2.45) is 5.84 Å². The van der Waals surface area contributed by atoms with Gasteiger partial charge >= 0.3 is 0 Å². The molecule has 1 aliphatic rings. The standard InChI is InChI=1S/C14H25N3S2/c1-10-11(2)19-14(16-10)8-12(17-15)9-18-13-6-4-3-5-7-13/h12-13,17H,3-9,15H2,1-2H3. The smallest absolute Gasteiger partial charge is 0.0947 e. The van der Waals surface area contributed by atoms with E-state index in [0.29, 0.717) is 6.04 Å². The van der Waals surface area contributed by atoms with Gasteiger partial charge in [0.25, 0.3) is 0 Å². The number of nitrogens with one attached hydrogen (secondary N) is 1. The summed E-state index contributed by atoms with van der Waals surface area (Å²) in [4.78, 5) is 5.93. The average Bonchev–Trinajstić information content (AvgIpc) is 2.74. The van der Waals surface area contributed by atoms with Gasteiger partial charge < -0.3 is 0 Å². The van der Waals surface area contributed by atoms with Crippen molar-refractivity contribution in [2.45, 2.75) is 63.7 Å². The fraction of sp³-hybridized carbons (Fsp3) is 0.786. The van der Waals surface area contributed by atoms with E-state index in [1.165, 1.54) is 42.0 Å². The van der Waals surface area contributed by atoms with Gasteiger partial charge in [-0.05, 0) is 26.7 Å². The highest BCUT2D eigenvalue weighted by Crippen LogP contribution is 2.29. The van der Waals surface area contributed by atoms with Crippen LogP contribution in [0.5, 0.6) is 0 Å². The van der Waals surface area contributed by atoms with Crippen molar-refractivity contribution < 1.29 is 0 Å². The molecule has 0 aliphatic heterocycles. The average molecular weight is 300 g/mol. The first-order valence-electron chi connectivity index (χ1n) is 7.19. The molecule has 0 radical (unpaired) electrons. The minimum atomic E-state index is 0.344. The number of nitrogens with two attached hydrogens (primary N) is 1. The number of rotatable bonds is 6. The third-order valence-electron chi connectivity index (χ3n) is 3.81. The van der Waals surface area contributed by atoms with Gasteiger partial charge in [0.2, 0.25) is 0 Å². The summed E-state index contributed by atoms with van der Waals surface area (Å²) in [7, 11) is 0. The van der Waals surface area contributed by atoms with Gasteiger partial charge in [0.1, 0.15) is 0 Å². The summed E-state index contributed by atoms with van der Waals surface area (Å²) < 4.78 is 0. The van der Waals surface area contributed by atoms with Crippen LogP contribution in [0.25, 0.3) is 0 Å². The molecule has 1 saturated carbocycles. The second kappa shape index (κ2) is 7.62. The van der Waals surface area contributed by atoms with Crippen LogP contribution in [0.3, 0.4) is 0 Å². The lowest BCUT2D eigenvalue weighted by Crippen LogP contribution is -2.39. The summed E-state index contributed by atoms with van der Waals surface area (Å²) in [6.45, 7) is 4.22. The van der Waals surface area contributed by atoms with Gasteiger partial charge in [-0.3, -0.25) is 11.3 Å². The first-order valence-corrected chi connectivity index (χ1v) is 9.06. The molecule has 0 amide bonds. The van der Waals surface area contributed by atoms with E-state index in [9.17, 15) is 0 Å². The molecule has 108 valence electrons. The number of hydrogen-bond acceptors (Lipinski definition) is 5. The Labute approximate surface area is 124 Å². The minimum Gasteiger partial charge on any atom is -0.271 e. The van der Waals surface area contributed by atoms with Crippen molar-refractivity contribution in [3.8, 4) is 0 Å². The monoisotopic (exact) mass is 299 g/mol. The van der Waals surface area contributed by atoms with E-state index in [0.717, 1.165) is 23.1 Å². The van der Waals surface area contributed by atoms with Crippen LogP contribution in [-0.2, 0) is 6.42 Å². The Morgan fingerprint density at radius 1 is 1.37 bits per heavy atom. The number of thiazole rings is 1. The molecule has 1 aromatic rings. The molecule has 0 spiro atoms. The van der Waals surface area contributed by atoms with Gasteiger partial charge in [-0.1, -0.05) is 19.3 Å². The molecule has 1 aliphatic carbocycles. The van der Waals surface area contributed by atoms with Crippen LogP contribution in [0.4, 0.5) is 0 Å². The van der Waals surface area contributed by atoms with E-state index in [2.05, 4.69) is 36.0 Å². The number of aryl methyl sites for hydroxylation is 2. The van der Waals surface area contributed by atoms with Crippen molar-refractivity contribution in [2.75, 3.05) is 5.75 Å². The number of aromatic nitrogens is 1. The SMILES string of the molecule is Cc1nc(CC(CSC2CCCCC2)NN)sc1C. The minimum absolute atomic E-state index is 0.344. The summed E-state index contributed by atoms with van der Waals surface area (Å²) >= 11 is 3.90. The van der Waals surface area contributed by atoms with Gasteiger partial charge in [0.05, 0.1) is 10.7 Å². The zero-order valence-corrected chi connectivity index (χ0v) is 13.6. The van der Waals surface area contributed by atoms with Crippen molar-refractivity contribution in [1.82, 2.24) is 10.4 Å². The van der Waals surface area contributed by atoms with Gasteiger partial charge in [-0.2, -0.15) is 11.8 Å². The fourth-order valence-corrected chi connectivity index (χ4v) is 4.89. The maximum Gasteiger partial charge on any atom is 0.0947 e. The molecule has 0 bridgehead atoms. The second-order valence-electron chi connectivity index (χ2n) is 5.41. The topological polar surface area (TPSA) is 50.9 Å². The summed E-state index contributed by atoms with van der Waals surface area (Å²) in [6, 6.07) is 0.344. The van der Waals surface area contributed by atoms with Crippen LogP contribution >= 0.6 is 23.1 Å². The Balaban J connectivity index is 1.79. The Morgan fingerprint density at radius 3 is 2.68 bits per heavy atom. The van der Waals surface area contributed by atoms with Gasteiger partial charge in [0, 0.05) is 28.3 Å². The molecular formula is C14H25N3S2. The molecule has 1 unspecified atom stereocenters. The molecular weight excluding hydrogens is 274 g/mol. The van der Waals surface area contributed by atoms with Crippen molar-refractivity contribution in [3.63, 3.8) is 0 Å². The molecule has 1 atom stereocenters. The highest BCUT2D eigenvalue weighted by Gasteiger charge is 2.17. The fourth-order valence-electron chi connectivity index (χ4n) is 2.49. The molecule has 19 heavy (non-hydrogen) atoms. The predicted octanol–water partition coefficient (Wildman–Crippen LogP) is 3.20. The van der Waals surface area contributed by atoms with Crippen LogP contribution in [0.1, 0.15) is 47.7 Å². The van der Waals surface area contributed by atoms with Gasteiger partial charge in [0.15, 0.2) is 0 Å². The first kappa shape index (κ1) is 15.3. The highest BCUT2D eigenvalue weighted by molar-refractivity contribution is 7.99. The van der Waals surface area contributed by atoms with E-state index in [1.54, 1.807) is 11.3 Å². The van der Waals surface area contributed by atoms with Crippen LogP contribution < -0.4 is 11.3 Å². The lowest BCUT2D eigenvalue weighted by Gasteiger charge is -2.23. The zero-order valence-electron chi connectivity index (χ0n) is 11.9. The number of nitrogens with zero attached hydrogens (tertiary/aromatic N) is 1. The maximum absolute atomic E-state index is 5.69. The second-order valence-corrected chi connectivity index (χ2v) is 8.03. The van der Waals surface area contributed by atoms with Crippen LogP contribution in [-0.4, -0.2) is 22.0 Å². The summed E-state index contributed by atoms with van der Waals surface area (Å²) in [5, 5.41) is 2.06. The zero-order chi connectivity index (χ0) is 13.7. The maximum atomic E-state index is 5.69. The molecule has 3 N–H and O–H groups in total. The molecule has 0 saturated heterocycles. The third kappa shape index (κ3) is 4.74. The van der Waals surface area contributed by atoms with E-state index >= 15 is 0 Å². The predicted molar refractivity (Wildman–Crippen MR) is 85.7 cm³/mol. The number of thioether (sulfide) groups is 1. The van der Waals surface area contributed by atoms with Gasteiger partial charge in [-0.25, -0.2) is 4.98 Å².